The third kappa shape index (κ3) is 3.63. The topological polar surface area (TPSA) is 90.7 Å². The smallest absolute Gasteiger partial charge is 0.355 e. The Labute approximate surface area is 208 Å². The fourth-order valence-electron chi connectivity index (χ4n) is 5.43. The molecule has 0 radical (unpaired) electrons. The predicted molar refractivity (Wildman–Crippen MR) is 131 cm³/mol. The van der Waals surface area contributed by atoms with Crippen LogP contribution in [0.4, 0.5) is 0 Å². The van der Waals surface area contributed by atoms with Gasteiger partial charge in [0.1, 0.15) is 6.61 Å². The van der Waals surface area contributed by atoms with Crippen molar-refractivity contribution in [2.24, 2.45) is 0 Å². The number of halogens is 1. The fraction of sp³-hybridized carbons (Fsp3) is 0.385. The highest BCUT2D eigenvalue weighted by Gasteiger charge is 2.50. The quantitative estimate of drug-likeness (QED) is 0.402. The van der Waals surface area contributed by atoms with Gasteiger partial charge >= 0.3 is 11.9 Å². The molecule has 5 heterocycles. The maximum absolute atomic E-state index is 13.5. The molecule has 3 aliphatic rings. The number of esters is 2. The van der Waals surface area contributed by atoms with Gasteiger partial charge in [-0.3, -0.25) is 14.5 Å². The minimum Gasteiger partial charge on any atom is -0.457 e. The van der Waals surface area contributed by atoms with Gasteiger partial charge in [0.25, 0.3) is 5.56 Å². The lowest BCUT2D eigenvalue weighted by atomic mass is 9.85. The fourth-order valence-corrected chi connectivity index (χ4v) is 5.43. The standard InChI is InChI=1S/C26H25N3O5.ClH/c1-2-26(34-22(30)14-28-9-5-6-10-28)19-12-21-23-17(11-16-7-3-4-8-20(16)27-23)13-29(21)24(31)18(19)15-33-25(26)32;/h3-4,7-8,11-12H,2,5-6,9-10,13-15H2,1H3;1H/t26-;/m0./s1. The van der Waals surface area contributed by atoms with Gasteiger partial charge in [0, 0.05) is 16.5 Å². The molecule has 3 aromatic rings. The van der Waals surface area contributed by atoms with Crippen LogP contribution in [-0.2, 0) is 37.8 Å². The molecule has 0 N–H and O–H groups in total. The van der Waals surface area contributed by atoms with E-state index >= 15 is 0 Å². The van der Waals surface area contributed by atoms with Gasteiger partial charge in [0.15, 0.2) is 0 Å². The summed E-state index contributed by atoms with van der Waals surface area (Å²) >= 11 is 0. The molecule has 0 amide bonds. The van der Waals surface area contributed by atoms with Crippen LogP contribution in [0.3, 0.4) is 0 Å². The highest BCUT2D eigenvalue weighted by atomic mass is 35.5. The molecule has 0 aliphatic carbocycles. The normalized spacial score (nSPS) is 20.5. The monoisotopic (exact) mass is 495 g/mol. The first-order chi connectivity index (χ1) is 16.5. The molecule has 8 nitrogen and oxygen atoms in total. The molecule has 0 bridgehead atoms. The van der Waals surface area contributed by atoms with Crippen LogP contribution in [0, 0.1) is 0 Å². The van der Waals surface area contributed by atoms with E-state index in [9.17, 15) is 14.4 Å². The summed E-state index contributed by atoms with van der Waals surface area (Å²) in [4.78, 5) is 46.3. The molecule has 3 aliphatic heterocycles. The van der Waals surface area contributed by atoms with Crippen LogP contribution in [0.5, 0.6) is 0 Å². The van der Waals surface area contributed by atoms with E-state index in [0.29, 0.717) is 29.1 Å². The second kappa shape index (κ2) is 8.77. The number of fused-ring (bicyclic) bond motifs is 5. The van der Waals surface area contributed by atoms with Crippen molar-refractivity contribution in [2.75, 3.05) is 19.6 Å². The number of benzene rings is 1. The number of rotatable bonds is 4. The molecule has 1 saturated heterocycles. The lowest BCUT2D eigenvalue weighted by Gasteiger charge is -2.36. The summed E-state index contributed by atoms with van der Waals surface area (Å²) in [6.07, 6.45) is 2.26. The molecule has 0 spiro atoms. The molecular formula is C26H26ClN3O5. The Morgan fingerprint density at radius 3 is 2.71 bits per heavy atom. The average Bonchev–Trinajstić information content (AvgIpc) is 3.47. The van der Waals surface area contributed by atoms with Gasteiger partial charge in [-0.15, -0.1) is 12.4 Å². The first kappa shape index (κ1) is 23.5. The molecule has 2 aromatic heterocycles. The van der Waals surface area contributed by atoms with E-state index in [1.807, 2.05) is 35.2 Å². The second-order valence-electron chi connectivity index (χ2n) is 9.22. The van der Waals surface area contributed by atoms with Crippen LogP contribution in [-0.4, -0.2) is 46.0 Å². The number of carbonyl (C=O) groups excluding carboxylic acids is 2. The van der Waals surface area contributed by atoms with E-state index in [2.05, 4.69) is 0 Å². The molecule has 0 unspecified atom stereocenters. The summed E-state index contributed by atoms with van der Waals surface area (Å²) in [5, 5.41) is 1.00. The SMILES string of the molecule is CC[C@@]1(OC(=O)CN2CCCC2)C(=O)OCc2c1cc1n(c2=O)Cc2cc3ccccc3nc2-1.Cl. The van der Waals surface area contributed by atoms with E-state index in [-0.39, 0.29) is 37.5 Å². The van der Waals surface area contributed by atoms with Gasteiger partial charge < -0.3 is 14.0 Å². The zero-order valence-corrected chi connectivity index (χ0v) is 20.2. The van der Waals surface area contributed by atoms with Crippen molar-refractivity contribution < 1.29 is 19.1 Å². The Morgan fingerprint density at radius 1 is 1.17 bits per heavy atom. The van der Waals surface area contributed by atoms with Crippen LogP contribution >= 0.6 is 12.4 Å². The number of nitrogens with zero attached hydrogens (tertiary/aromatic N) is 3. The first-order valence-corrected chi connectivity index (χ1v) is 11.8. The van der Waals surface area contributed by atoms with Crippen LogP contribution < -0.4 is 5.56 Å². The number of cyclic esters (lactones) is 1. The largest absolute Gasteiger partial charge is 0.457 e. The van der Waals surface area contributed by atoms with Crippen molar-refractivity contribution in [3.63, 3.8) is 0 Å². The van der Waals surface area contributed by atoms with Crippen LogP contribution in [0.25, 0.3) is 22.3 Å². The van der Waals surface area contributed by atoms with Crippen molar-refractivity contribution in [2.45, 2.75) is 44.9 Å². The Balaban J connectivity index is 0.00000253. The number of pyridine rings is 2. The summed E-state index contributed by atoms with van der Waals surface area (Å²) in [7, 11) is 0. The summed E-state index contributed by atoms with van der Waals surface area (Å²) in [6, 6.07) is 11.7. The molecule has 1 atom stereocenters. The van der Waals surface area contributed by atoms with Gasteiger partial charge in [-0.2, -0.15) is 0 Å². The number of carbonyl (C=O) groups is 2. The summed E-state index contributed by atoms with van der Waals surface area (Å²) in [5.74, 6) is -1.12. The molecule has 0 saturated carbocycles. The van der Waals surface area contributed by atoms with E-state index in [1.54, 1.807) is 17.6 Å². The number of hydrogen-bond donors (Lipinski definition) is 0. The van der Waals surface area contributed by atoms with Gasteiger partial charge in [0.05, 0.1) is 35.6 Å². The van der Waals surface area contributed by atoms with Crippen LogP contribution in [0.1, 0.15) is 42.9 Å². The highest BCUT2D eigenvalue weighted by molar-refractivity contribution is 5.88. The van der Waals surface area contributed by atoms with Crippen molar-refractivity contribution in [3.8, 4) is 11.4 Å². The lowest BCUT2D eigenvalue weighted by Crippen LogP contribution is -2.48. The third-order valence-electron chi connectivity index (χ3n) is 7.22. The highest BCUT2D eigenvalue weighted by Crippen LogP contribution is 2.41. The zero-order valence-electron chi connectivity index (χ0n) is 19.4. The van der Waals surface area contributed by atoms with Gasteiger partial charge in [-0.1, -0.05) is 25.1 Å². The van der Waals surface area contributed by atoms with E-state index in [0.717, 1.165) is 42.4 Å². The molecule has 1 fully saturated rings. The van der Waals surface area contributed by atoms with Gasteiger partial charge in [-0.25, -0.2) is 9.78 Å². The second-order valence-corrected chi connectivity index (χ2v) is 9.22. The van der Waals surface area contributed by atoms with Crippen molar-refractivity contribution in [1.29, 1.82) is 0 Å². The summed E-state index contributed by atoms with van der Waals surface area (Å²) in [5.41, 5.74) is 2.01. The van der Waals surface area contributed by atoms with Crippen LogP contribution in [0.15, 0.2) is 41.2 Å². The van der Waals surface area contributed by atoms with E-state index in [4.69, 9.17) is 14.5 Å². The lowest BCUT2D eigenvalue weighted by molar-refractivity contribution is -0.190. The molecule has 6 rings (SSSR count). The Kier molecular flexibility index (Phi) is 5.89. The maximum Gasteiger partial charge on any atom is 0.355 e. The zero-order chi connectivity index (χ0) is 23.4. The van der Waals surface area contributed by atoms with Crippen LogP contribution in [0.2, 0.25) is 0 Å². The number of para-hydroxylation sites is 1. The number of hydrogen-bond acceptors (Lipinski definition) is 7. The third-order valence-corrected chi connectivity index (χ3v) is 7.22. The average molecular weight is 496 g/mol. The van der Waals surface area contributed by atoms with E-state index < -0.39 is 17.5 Å². The summed E-state index contributed by atoms with van der Waals surface area (Å²) in [6.45, 7) is 3.82. The molecule has 1 aromatic carbocycles. The predicted octanol–water partition coefficient (Wildman–Crippen LogP) is 3.15. The molecule has 35 heavy (non-hydrogen) atoms. The minimum absolute atomic E-state index is 0. The number of likely N-dealkylation sites (tertiary alicyclic amines) is 1. The Hall–Kier alpha value is -3.23. The van der Waals surface area contributed by atoms with Gasteiger partial charge in [0.2, 0.25) is 5.60 Å². The van der Waals surface area contributed by atoms with E-state index in [1.165, 1.54) is 0 Å². The van der Waals surface area contributed by atoms with Gasteiger partial charge in [-0.05, 0) is 50.6 Å². The first-order valence-electron chi connectivity index (χ1n) is 11.8. The van der Waals surface area contributed by atoms with Crippen molar-refractivity contribution >= 4 is 35.2 Å². The van der Waals surface area contributed by atoms with Crippen molar-refractivity contribution in [1.82, 2.24) is 14.5 Å². The minimum atomic E-state index is -1.64. The maximum atomic E-state index is 13.5. The molecule has 182 valence electrons. The molecule has 9 heteroatoms. The summed E-state index contributed by atoms with van der Waals surface area (Å²) < 4.78 is 12.9. The number of ether oxygens (including phenoxy) is 2. The van der Waals surface area contributed by atoms with Crippen molar-refractivity contribution in [3.05, 3.63) is 63.4 Å². The Bertz CT molecular complexity index is 1410. The number of aromatic nitrogens is 2. The molecular weight excluding hydrogens is 470 g/mol. The Morgan fingerprint density at radius 2 is 1.94 bits per heavy atom.